The lowest BCUT2D eigenvalue weighted by molar-refractivity contribution is -0.120. The van der Waals surface area contributed by atoms with E-state index in [1.54, 1.807) is 31.4 Å². The van der Waals surface area contributed by atoms with Crippen molar-refractivity contribution in [2.24, 2.45) is 0 Å². The summed E-state index contributed by atoms with van der Waals surface area (Å²) in [5.41, 5.74) is 2.42. The molecule has 1 aliphatic heterocycles. The molecule has 3 aromatic rings. The van der Waals surface area contributed by atoms with Crippen molar-refractivity contribution in [3.63, 3.8) is 0 Å². The molecule has 0 aromatic heterocycles. The second kappa shape index (κ2) is 9.85. The van der Waals surface area contributed by atoms with E-state index in [-0.39, 0.29) is 17.5 Å². The van der Waals surface area contributed by atoms with Crippen molar-refractivity contribution in [2.45, 2.75) is 50.7 Å². The third-order valence-electron chi connectivity index (χ3n) is 6.26. The van der Waals surface area contributed by atoms with Crippen LogP contribution in [0.25, 0.3) is 0 Å². The maximum atomic E-state index is 13.7. The molecular weight excluding hydrogens is 476 g/mol. The van der Waals surface area contributed by atoms with Gasteiger partial charge in [0, 0.05) is 12.0 Å². The summed E-state index contributed by atoms with van der Waals surface area (Å²) in [7, 11) is -2.41. The van der Waals surface area contributed by atoms with Crippen molar-refractivity contribution in [3.8, 4) is 11.5 Å². The van der Waals surface area contributed by atoms with Crippen LogP contribution in [-0.4, -0.2) is 33.6 Å². The van der Waals surface area contributed by atoms with Gasteiger partial charge in [-0.15, -0.1) is 0 Å². The molecule has 7 nitrogen and oxygen atoms in total. The molecular formula is C28H32N2O5S. The van der Waals surface area contributed by atoms with E-state index in [2.05, 4.69) is 5.32 Å². The Bertz CT molecular complexity index is 1370. The average Bonchev–Trinajstić information content (AvgIpc) is 2.84. The van der Waals surface area contributed by atoms with Crippen molar-refractivity contribution in [2.75, 3.05) is 18.0 Å². The molecule has 0 radical (unpaired) electrons. The molecule has 0 spiro atoms. The van der Waals surface area contributed by atoms with Crippen LogP contribution in [0.2, 0.25) is 0 Å². The number of nitrogens with zero attached hydrogens (tertiary/aromatic N) is 1. The third-order valence-corrected chi connectivity index (χ3v) is 8.04. The fourth-order valence-corrected chi connectivity index (χ4v) is 5.96. The van der Waals surface area contributed by atoms with E-state index >= 15 is 0 Å². The molecule has 0 saturated heterocycles. The van der Waals surface area contributed by atoms with Gasteiger partial charge in [0.2, 0.25) is 5.91 Å². The number of fused-ring (bicyclic) bond motifs is 1. The average molecular weight is 509 g/mol. The lowest BCUT2D eigenvalue weighted by atomic mass is 9.89. The highest BCUT2D eigenvalue weighted by Gasteiger charge is 2.36. The highest BCUT2D eigenvalue weighted by molar-refractivity contribution is 7.92. The van der Waals surface area contributed by atoms with E-state index < -0.39 is 21.5 Å². The van der Waals surface area contributed by atoms with Gasteiger partial charge in [-0.3, -0.25) is 9.10 Å². The summed E-state index contributed by atoms with van der Waals surface area (Å²) in [5, 5.41) is 3.06. The van der Waals surface area contributed by atoms with Crippen LogP contribution in [-0.2, 0) is 14.8 Å². The van der Waals surface area contributed by atoms with Crippen LogP contribution in [0.5, 0.6) is 11.5 Å². The zero-order valence-corrected chi connectivity index (χ0v) is 22.1. The quantitative estimate of drug-likeness (QED) is 0.489. The van der Waals surface area contributed by atoms with E-state index in [1.165, 1.54) is 16.4 Å². The van der Waals surface area contributed by atoms with Crippen LogP contribution < -0.4 is 19.1 Å². The monoisotopic (exact) mass is 508 g/mol. The van der Waals surface area contributed by atoms with Gasteiger partial charge in [-0.1, -0.05) is 30.3 Å². The maximum Gasteiger partial charge on any atom is 0.264 e. The van der Waals surface area contributed by atoms with Gasteiger partial charge < -0.3 is 14.8 Å². The Hall–Kier alpha value is -3.52. The Morgan fingerprint density at radius 2 is 1.81 bits per heavy atom. The zero-order valence-electron chi connectivity index (χ0n) is 21.2. The fraction of sp³-hybridized carbons (Fsp3) is 0.321. The highest BCUT2D eigenvalue weighted by Crippen LogP contribution is 2.41. The molecule has 4 rings (SSSR count). The molecule has 36 heavy (non-hydrogen) atoms. The number of methoxy groups -OCH3 is 1. The van der Waals surface area contributed by atoms with Gasteiger partial charge in [0.05, 0.1) is 23.7 Å². The molecule has 0 saturated carbocycles. The number of aryl methyl sites for hydroxylation is 2. The Labute approximate surface area is 213 Å². The van der Waals surface area contributed by atoms with E-state index in [4.69, 9.17) is 9.47 Å². The normalized spacial score (nSPS) is 16.4. The molecule has 1 N–H and O–H groups in total. The molecule has 3 aromatic carbocycles. The number of hydrogen-bond acceptors (Lipinski definition) is 5. The number of hydrogen-bond donors (Lipinski definition) is 1. The molecule has 1 heterocycles. The van der Waals surface area contributed by atoms with Gasteiger partial charge in [-0.2, -0.15) is 0 Å². The summed E-state index contributed by atoms with van der Waals surface area (Å²) in [4.78, 5) is 13.6. The smallest absolute Gasteiger partial charge is 0.264 e. The summed E-state index contributed by atoms with van der Waals surface area (Å²) in [5.74, 6) is 0.910. The minimum atomic E-state index is -4.00. The van der Waals surface area contributed by atoms with E-state index in [0.717, 1.165) is 16.7 Å². The standard InChI is InChI=1S/C28H32N2O5S/c1-19-11-12-20(2)25(15-19)30(36(32,33)22-9-7-6-8-10-22)18-27(31)29-24-17-28(3,4)35-26-14-13-21(34-5)16-23(24)26/h6-16,24H,17-18H2,1-5H3,(H,29,31). The fourth-order valence-electron chi connectivity index (χ4n) is 4.47. The largest absolute Gasteiger partial charge is 0.497 e. The number of sulfonamides is 1. The molecule has 1 aliphatic rings. The van der Waals surface area contributed by atoms with Gasteiger partial charge in [0.25, 0.3) is 10.0 Å². The second-order valence-corrected chi connectivity index (χ2v) is 11.6. The van der Waals surface area contributed by atoms with Crippen LogP contribution in [0, 0.1) is 13.8 Å². The van der Waals surface area contributed by atoms with E-state index in [9.17, 15) is 13.2 Å². The predicted molar refractivity (Wildman–Crippen MR) is 140 cm³/mol. The molecule has 0 fully saturated rings. The van der Waals surface area contributed by atoms with Gasteiger partial charge in [0.15, 0.2) is 0 Å². The first kappa shape index (κ1) is 25.6. The van der Waals surface area contributed by atoms with Crippen LogP contribution in [0.1, 0.15) is 43.0 Å². The molecule has 1 amide bonds. The lowest BCUT2D eigenvalue weighted by Gasteiger charge is -2.38. The molecule has 8 heteroatoms. The minimum absolute atomic E-state index is 0.126. The number of nitrogens with one attached hydrogen (secondary N) is 1. The second-order valence-electron chi connectivity index (χ2n) is 9.70. The number of benzene rings is 3. The summed E-state index contributed by atoms with van der Waals surface area (Å²) >= 11 is 0. The van der Waals surface area contributed by atoms with E-state index in [1.807, 2.05) is 58.0 Å². The number of anilines is 1. The zero-order chi connectivity index (χ0) is 26.1. The first-order valence-electron chi connectivity index (χ1n) is 11.8. The maximum absolute atomic E-state index is 13.7. The van der Waals surface area contributed by atoms with Crippen LogP contribution in [0.3, 0.4) is 0 Å². The van der Waals surface area contributed by atoms with Crippen molar-refractivity contribution in [1.29, 1.82) is 0 Å². The Balaban J connectivity index is 1.69. The van der Waals surface area contributed by atoms with Crippen molar-refractivity contribution >= 4 is 21.6 Å². The number of amides is 1. The molecule has 1 unspecified atom stereocenters. The molecule has 1 atom stereocenters. The van der Waals surface area contributed by atoms with Crippen LogP contribution in [0.15, 0.2) is 71.6 Å². The highest BCUT2D eigenvalue weighted by atomic mass is 32.2. The molecule has 190 valence electrons. The third kappa shape index (κ3) is 5.33. The van der Waals surface area contributed by atoms with Gasteiger partial charge in [0.1, 0.15) is 23.6 Å². The van der Waals surface area contributed by atoms with Crippen LogP contribution >= 0.6 is 0 Å². The van der Waals surface area contributed by atoms with Crippen LogP contribution in [0.4, 0.5) is 5.69 Å². The van der Waals surface area contributed by atoms with Crippen molar-refractivity contribution < 1.29 is 22.7 Å². The van der Waals surface area contributed by atoms with Crippen molar-refractivity contribution in [1.82, 2.24) is 5.32 Å². The van der Waals surface area contributed by atoms with Gasteiger partial charge in [-0.25, -0.2) is 8.42 Å². The minimum Gasteiger partial charge on any atom is -0.497 e. The summed E-state index contributed by atoms with van der Waals surface area (Å²) in [6, 6.07) is 18.9. The Morgan fingerprint density at radius 3 is 2.50 bits per heavy atom. The number of rotatable bonds is 7. The first-order valence-corrected chi connectivity index (χ1v) is 13.3. The summed E-state index contributed by atoms with van der Waals surface area (Å²) in [6.45, 7) is 7.29. The molecule has 0 aliphatic carbocycles. The van der Waals surface area contributed by atoms with Gasteiger partial charge in [-0.05, 0) is 75.2 Å². The van der Waals surface area contributed by atoms with Crippen molar-refractivity contribution in [3.05, 3.63) is 83.4 Å². The lowest BCUT2D eigenvalue weighted by Crippen LogP contribution is -2.45. The number of carbonyl (C=O) groups is 1. The van der Waals surface area contributed by atoms with E-state index in [0.29, 0.717) is 23.6 Å². The Kier molecular flexibility index (Phi) is 7.00. The summed E-state index contributed by atoms with van der Waals surface area (Å²) < 4.78 is 40.1. The van der Waals surface area contributed by atoms with Gasteiger partial charge >= 0.3 is 0 Å². The number of ether oxygens (including phenoxy) is 2. The topological polar surface area (TPSA) is 84.9 Å². The first-order chi connectivity index (χ1) is 17.0. The summed E-state index contributed by atoms with van der Waals surface area (Å²) in [6.07, 6.45) is 0.522. The predicted octanol–water partition coefficient (Wildman–Crippen LogP) is 4.93. The Morgan fingerprint density at radius 1 is 1.08 bits per heavy atom. The molecule has 0 bridgehead atoms. The number of carbonyl (C=O) groups excluding carboxylic acids is 1. The SMILES string of the molecule is COc1ccc2c(c1)C(NC(=O)CN(c1cc(C)ccc1C)S(=O)(=O)c1ccccc1)CC(C)(C)O2.